The van der Waals surface area contributed by atoms with Crippen LogP contribution in [0.3, 0.4) is 0 Å². The first-order valence-electron chi connectivity index (χ1n) is 11.6. The van der Waals surface area contributed by atoms with E-state index in [4.69, 9.17) is 4.74 Å². The van der Waals surface area contributed by atoms with Crippen LogP contribution < -0.4 is 15.0 Å². The van der Waals surface area contributed by atoms with E-state index in [-0.39, 0.29) is 12.0 Å². The molecule has 174 valence electrons. The van der Waals surface area contributed by atoms with Gasteiger partial charge in [-0.1, -0.05) is 57.7 Å². The fourth-order valence-electron chi connectivity index (χ4n) is 3.26. The molecule has 0 aromatic heterocycles. The summed E-state index contributed by atoms with van der Waals surface area (Å²) >= 11 is 1.63. The fourth-order valence-corrected chi connectivity index (χ4v) is 4.08. The molecule has 0 aliphatic carbocycles. The van der Waals surface area contributed by atoms with Crippen molar-refractivity contribution >= 4 is 29.4 Å². The molecule has 0 atom stereocenters. The number of benzene rings is 2. The van der Waals surface area contributed by atoms with Crippen LogP contribution in [0.25, 0.3) is 0 Å². The average molecular weight is 457 g/mol. The number of carbonyl (C=O) groups is 2. The molecular formula is C26H36N2O3S. The largest absolute Gasteiger partial charge is 0.427 e. The molecule has 6 heteroatoms. The number of hydrogen-bond donors (Lipinski definition) is 1. The Hall–Kier alpha value is -2.47. The maximum atomic E-state index is 12.8. The van der Waals surface area contributed by atoms with Crippen LogP contribution in [0, 0.1) is 0 Å². The van der Waals surface area contributed by atoms with Crippen molar-refractivity contribution < 1.29 is 14.3 Å². The van der Waals surface area contributed by atoms with Crippen LogP contribution in [0.1, 0.15) is 65.7 Å². The molecule has 0 fully saturated rings. The van der Waals surface area contributed by atoms with Gasteiger partial charge < -0.3 is 10.1 Å². The molecule has 2 rings (SSSR count). The zero-order valence-corrected chi connectivity index (χ0v) is 20.4. The summed E-state index contributed by atoms with van der Waals surface area (Å²) in [6.07, 6.45) is 7.88. The number of anilines is 1. The Bertz CT molecular complexity index is 822. The molecule has 0 saturated carbocycles. The van der Waals surface area contributed by atoms with E-state index in [1.807, 2.05) is 41.3 Å². The molecule has 0 radical (unpaired) electrons. The van der Waals surface area contributed by atoms with E-state index in [9.17, 15) is 9.59 Å². The van der Waals surface area contributed by atoms with E-state index in [0.29, 0.717) is 12.3 Å². The number of rotatable bonds is 13. The fraction of sp³-hybridized carbons (Fsp3) is 0.462. The zero-order chi connectivity index (χ0) is 23.2. The molecule has 0 heterocycles. The van der Waals surface area contributed by atoms with Crippen molar-refractivity contribution in [2.45, 2.75) is 75.5 Å². The highest BCUT2D eigenvalue weighted by Gasteiger charge is 2.15. The first-order chi connectivity index (χ1) is 15.5. The molecule has 0 bridgehead atoms. The lowest BCUT2D eigenvalue weighted by Gasteiger charge is -2.23. The van der Waals surface area contributed by atoms with Crippen LogP contribution in [0.15, 0.2) is 58.3 Å². The highest BCUT2D eigenvalue weighted by Crippen LogP contribution is 2.30. The molecule has 0 aliphatic heterocycles. The third-order valence-electron chi connectivity index (χ3n) is 5.01. The number of carbonyl (C=O) groups excluding carboxylic acids is 2. The van der Waals surface area contributed by atoms with Gasteiger partial charge in [0.25, 0.3) is 0 Å². The van der Waals surface area contributed by atoms with Crippen LogP contribution in [0.4, 0.5) is 10.5 Å². The molecular weight excluding hydrogens is 420 g/mol. The van der Waals surface area contributed by atoms with Crippen molar-refractivity contribution in [2.24, 2.45) is 0 Å². The third kappa shape index (κ3) is 9.35. The summed E-state index contributed by atoms with van der Waals surface area (Å²) in [7, 11) is 0. The molecule has 1 N–H and O–H groups in total. The predicted octanol–water partition coefficient (Wildman–Crippen LogP) is 7.05. The normalized spacial score (nSPS) is 10.6. The summed E-state index contributed by atoms with van der Waals surface area (Å²) < 4.78 is 5.08. The van der Waals surface area contributed by atoms with Crippen molar-refractivity contribution in [3.8, 4) is 5.75 Å². The van der Waals surface area contributed by atoms with Gasteiger partial charge in [0.2, 0.25) is 0 Å². The maximum Gasteiger partial charge on any atom is 0.321 e. The first kappa shape index (κ1) is 25.8. The molecule has 0 spiro atoms. The molecule has 0 aliphatic rings. The second kappa shape index (κ2) is 14.6. The van der Waals surface area contributed by atoms with E-state index in [1.165, 1.54) is 26.2 Å². The van der Waals surface area contributed by atoms with E-state index in [0.717, 1.165) is 47.7 Å². The summed E-state index contributed by atoms with van der Waals surface area (Å²) in [5.41, 5.74) is 0.920. The Labute approximate surface area is 196 Å². The van der Waals surface area contributed by atoms with Crippen molar-refractivity contribution in [3.63, 3.8) is 0 Å². The van der Waals surface area contributed by atoms with Crippen molar-refractivity contribution in [1.29, 1.82) is 0 Å². The molecule has 2 aromatic carbocycles. The Kier molecular flexibility index (Phi) is 11.7. The van der Waals surface area contributed by atoms with Crippen molar-refractivity contribution in [2.75, 3.05) is 18.0 Å². The van der Waals surface area contributed by atoms with Gasteiger partial charge in [-0.2, -0.15) is 0 Å². The lowest BCUT2D eigenvalue weighted by Crippen LogP contribution is -2.41. The number of amides is 2. The summed E-state index contributed by atoms with van der Waals surface area (Å²) in [6.45, 7) is 7.16. The number of nitrogens with one attached hydrogen (secondary N) is 1. The van der Waals surface area contributed by atoms with Gasteiger partial charge in [-0.25, -0.2) is 4.79 Å². The molecule has 2 amide bonds. The topological polar surface area (TPSA) is 58.6 Å². The summed E-state index contributed by atoms with van der Waals surface area (Å²) in [5.74, 6) is 0.218. The number of hydrogen-bond acceptors (Lipinski definition) is 4. The van der Waals surface area contributed by atoms with Gasteiger partial charge in [0.1, 0.15) is 5.75 Å². The monoisotopic (exact) mass is 456 g/mol. The van der Waals surface area contributed by atoms with Crippen LogP contribution in [0.2, 0.25) is 0 Å². The van der Waals surface area contributed by atoms with Crippen molar-refractivity contribution in [3.05, 3.63) is 48.5 Å². The van der Waals surface area contributed by atoms with E-state index in [2.05, 4.69) is 19.2 Å². The second-order valence-corrected chi connectivity index (χ2v) is 8.96. The smallest absolute Gasteiger partial charge is 0.321 e. The number of unbranched alkanes of at least 4 members (excludes halogenated alkanes) is 5. The van der Waals surface area contributed by atoms with Gasteiger partial charge in [-0.05, 0) is 61.4 Å². The summed E-state index contributed by atoms with van der Waals surface area (Å²) in [5, 5.41) is 3.05. The van der Waals surface area contributed by atoms with E-state index < -0.39 is 0 Å². The molecule has 2 aromatic rings. The Morgan fingerprint density at radius 2 is 1.44 bits per heavy atom. The zero-order valence-electron chi connectivity index (χ0n) is 19.6. The van der Waals surface area contributed by atoms with Gasteiger partial charge in [0, 0.05) is 35.5 Å². The minimum atomic E-state index is -0.324. The van der Waals surface area contributed by atoms with Crippen LogP contribution in [0.5, 0.6) is 5.75 Å². The van der Waals surface area contributed by atoms with Gasteiger partial charge in [-0.3, -0.25) is 9.69 Å². The Morgan fingerprint density at radius 1 is 0.844 bits per heavy atom. The van der Waals surface area contributed by atoms with E-state index in [1.54, 1.807) is 23.9 Å². The number of esters is 1. The SMILES string of the molecule is CCCCCCCN(C(=O)NCCCC)c1ccc(Sc2ccc(OC(C)=O)cc2)cc1. The highest BCUT2D eigenvalue weighted by atomic mass is 32.2. The number of urea groups is 1. The quantitative estimate of drug-likeness (QED) is 0.199. The molecule has 5 nitrogen and oxygen atoms in total. The minimum Gasteiger partial charge on any atom is -0.427 e. The average Bonchev–Trinajstić information content (AvgIpc) is 2.78. The summed E-state index contributed by atoms with van der Waals surface area (Å²) in [6, 6.07) is 15.5. The second-order valence-electron chi connectivity index (χ2n) is 7.81. The number of ether oxygens (including phenoxy) is 1. The lowest BCUT2D eigenvalue weighted by atomic mass is 10.1. The van der Waals surface area contributed by atoms with Gasteiger partial charge in [0.05, 0.1) is 0 Å². The third-order valence-corrected chi connectivity index (χ3v) is 6.02. The van der Waals surface area contributed by atoms with Gasteiger partial charge >= 0.3 is 12.0 Å². The van der Waals surface area contributed by atoms with E-state index >= 15 is 0 Å². The number of nitrogens with zero attached hydrogens (tertiary/aromatic N) is 1. The van der Waals surface area contributed by atoms with Crippen molar-refractivity contribution in [1.82, 2.24) is 5.32 Å². The first-order valence-corrected chi connectivity index (χ1v) is 12.5. The Morgan fingerprint density at radius 3 is 2.03 bits per heavy atom. The Balaban J connectivity index is 2.01. The lowest BCUT2D eigenvalue weighted by molar-refractivity contribution is -0.131. The van der Waals surface area contributed by atoms with Gasteiger partial charge in [-0.15, -0.1) is 0 Å². The standard InChI is InChI=1S/C26H36N2O3S/c1-4-6-8-9-10-20-28(26(30)27-19-7-5-2)22-11-15-24(16-12-22)32-25-17-13-23(14-18-25)31-21(3)29/h11-18H,4-10,19-20H2,1-3H3,(H,27,30). The summed E-state index contributed by atoms with van der Waals surface area (Å²) in [4.78, 5) is 27.9. The van der Waals surface area contributed by atoms with Crippen LogP contribution in [-0.2, 0) is 4.79 Å². The predicted molar refractivity (Wildman–Crippen MR) is 133 cm³/mol. The highest BCUT2D eigenvalue weighted by molar-refractivity contribution is 7.99. The molecule has 0 saturated heterocycles. The van der Waals surface area contributed by atoms with Crippen LogP contribution in [-0.4, -0.2) is 25.1 Å². The van der Waals surface area contributed by atoms with Crippen LogP contribution >= 0.6 is 11.8 Å². The molecule has 0 unspecified atom stereocenters. The maximum absolute atomic E-state index is 12.8. The van der Waals surface area contributed by atoms with Gasteiger partial charge in [0.15, 0.2) is 0 Å². The molecule has 32 heavy (non-hydrogen) atoms. The minimum absolute atomic E-state index is 0.0181.